The van der Waals surface area contributed by atoms with Crippen LogP contribution in [0.2, 0.25) is 0 Å². The van der Waals surface area contributed by atoms with Crippen molar-refractivity contribution in [2.24, 2.45) is 0 Å². The molecule has 0 fully saturated rings. The molecule has 0 radical (unpaired) electrons. The standard InChI is InChI=1S/C16H19N3O4/c1-2-7-19(10-15(21)22)14(20)9-17-16(23)13-8-11-5-3-4-6-12(11)18-13/h3-6,8,18H,2,7,9-10H2,1H3,(H,17,23)(H,21,22). The Morgan fingerprint density at radius 3 is 2.65 bits per heavy atom. The first-order valence-corrected chi connectivity index (χ1v) is 7.36. The van der Waals surface area contributed by atoms with Gasteiger partial charge in [0, 0.05) is 17.4 Å². The minimum Gasteiger partial charge on any atom is -0.480 e. The number of nitrogens with zero attached hydrogens (tertiary/aromatic N) is 1. The lowest BCUT2D eigenvalue weighted by atomic mass is 10.2. The number of aromatic nitrogens is 1. The van der Waals surface area contributed by atoms with Crippen LogP contribution >= 0.6 is 0 Å². The number of hydrogen-bond acceptors (Lipinski definition) is 3. The Balaban J connectivity index is 1.96. The summed E-state index contributed by atoms with van der Waals surface area (Å²) in [5.41, 5.74) is 1.20. The number of carbonyl (C=O) groups is 3. The van der Waals surface area contributed by atoms with Gasteiger partial charge in [-0.3, -0.25) is 14.4 Å². The molecule has 23 heavy (non-hydrogen) atoms. The van der Waals surface area contributed by atoms with Gasteiger partial charge in [-0.25, -0.2) is 0 Å². The van der Waals surface area contributed by atoms with Crippen molar-refractivity contribution in [2.45, 2.75) is 13.3 Å². The van der Waals surface area contributed by atoms with E-state index in [0.29, 0.717) is 18.7 Å². The van der Waals surface area contributed by atoms with Crippen LogP contribution in [0.15, 0.2) is 30.3 Å². The van der Waals surface area contributed by atoms with Gasteiger partial charge in [-0.1, -0.05) is 25.1 Å². The van der Waals surface area contributed by atoms with E-state index in [1.807, 2.05) is 31.2 Å². The van der Waals surface area contributed by atoms with Crippen molar-refractivity contribution >= 4 is 28.7 Å². The van der Waals surface area contributed by atoms with Crippen molar-refractivity contribution in [3.63, 3.8) is 0 Å². The van der Waals surface area contributed by atoms with Gasteiger partial charge < -0.3 is 20.3 Å². The Morgan fingerprint density at radius 1 is 1.26 bits per heavy atom. The fourth-order valence-electron chi connectivity index (χ4n) is 2.28. The number of H-pyrrole nitrogens is 1. The molecule has 0 saturated heterocycles. The predicted molar refractivity (Wildman–Crippen MR) is 85.1 cm³/mol. The largest absolute Gasteiger partial charge is 0.480 e. The monoisotopic (exact) mass is 317 g/mol. The second-order valence-corrected chi connectivity index (χ2v) is 5.16. The summed E-state index contributed by atoms with van der Waals surface area (Å²) in [5, 5.41) is 12.2. The molecule has 0 aliphatic heterocycles. The van der Waals surface area contributed by atoms with E-state index in [0.717, 1.165) is 10.9 Å². The molecule has 0 aliphatic rings. The van der Waals surface area contributed by atoms with Gasteiger partial charge in [0.05, 0.1) is 6.54 Å². The van der Waals surface area contributed by atoms with Gasteiger partial charge in [-0.2, -0.15) is 0 Å². The normalized spacial score (nSPS) is 10.5. The van der Waals surface area contributed by atoms with E-state index in [1.165, 1.54) is 4.90 Å². The molecule has 0 aliphatic carbocycles. The summed E-state index contributed by atoms with van der Waals surface area (Å²) in [6, 6.07) is 9.17. The van der Waals surface area contributed by atoms with E-state index in [4.69, 9.17) is 5.11 Å². The molecule has 7 nitrogen and oxygen atoms in total. The number of fused-ring (bicyclic) bond motifs is 1. The van der Waals surface area contributed by atoms with Crippen LogP contribution in [0.5, 0.6) is 0 Å². The summed E-state index contributed by atoms with van der Waals surface area (Å²) in [7, 11) is 0. The van der Waals surface area contributed by atoms with E-state index in [9.17, 15) is 14.4 Å². The number of nitrogens with one attached hydrogen (secondary N) is 2. The van der Waals surface area contributed by atoms with E-state index < -0.39 is 17.8 Å². The van der Waals surface area contributed by atoms with Crippen molar-refractivity contribution in [1.82, 2.24) is 15.2 Å². The molecule has 3 N–H and O–H groups in total. The molecule has 0 unspecified atom stereocenters. The highest BCUT2D eigenvalue weighted by molar-refractivity contribution is 5.99. The predicted octanol–water partition coefficient (Wildman–Crippen LogP) is 1.22. The van der Waals surface area contributed by atoms with E-state index in [-0.39, 0.29) is 13.1 Å². The smallest absolute Gasteiger partial charge is 0.323 e. The number of aromatic amines is 1. The minimum absolute atomic E-state index is 0.235. The van der Waals surface area contributed by atoms with Crippen molar-refractivity contribution in [3.05, 3.63) is 36.0 Å². The highest BCUT2D eigenvalue weighted by atomic mass is 16.4. The minimum atomic E-state index is -1.08. The molecule has 122 valence electrons. The number of aliphatic carboxylic acids is 1. The number of carboxylic acid groups (broad SMARTS) is 1. The fraction of sp³-hybridized carbons (Fsp3) is 0.312. The Kier molecular flexibility index (Phi) is 5.35. The molecule has 2 rings (SSSR count). The number of hydrogen-bond donors (Lipinski definition) is 3. The van der Waals surface area contributed by atoms with Crippen molar-refractivity contribution < 1.29 is 19.5 Å². The maximum atomic E-state index is 12.1. The number of amides is 2. The Morgan fingerprint density at radius 2 is 2.00 bits per heavy atom. The molecule has 7 heteroatoms. The van der Waals surface area contributed by atoms with Gasteiger partial charge in [-0.15, -0.1) is 0 Å². The zero-order valence-corrected chi connectivity index (χ0v) is 12.8. The quantitative estimate of drug-likeness (QED) is 0.714. The van der Waals surface area contributed by atoms with Crippen LogP contribution in [0.25, 0.3) is 10.9 Å². The molecule has 2 aromatic rings. The molecule has 0 spiro atoms. The van der Waals surface area contributed by atoms with E-state index in [2.05, 4.69) is 10.3 Å². The Labute approximate surface area is 133 Å². The fourth-order valence-corrected chi connectivity index (χ4v) is 2.28. The third-order valence-electron chi connectivity index (χ3n) is 3.35. The molecular formula is C16H19N3O4. The summed E-state index contributed by atoms with van der Waals surface area (Å²) in [6.07, 6.45) is 0.648. The van der Waals surface area contributed by atoms with Crippen LogP contribution in [0.3, 0.4) is 0 Å². The maximum absolute atomic E-state index is 12.1. The Hall–Kier alpha value is -2.83. The SMILES string of the molecule is CCCN(CC(=O)O)C(=O)CNC(=O)c1cc2ccccc2[nH]1. The number of carbonyl (C=O) groups excluding carboxylic acids is 2. The average molecular weight is 317 g/mol. The van der Waals surface area contributed by atoms with Gasteiger partial charge >= 0.3 is 5.97 Å². The molecule has 0 saturated carbocycles. The summed E-state index contributed by atoms with van der Waals surface area (Å²) < 4.78 is 0. The first-order chi connectivity index (χ1) is 11.0. The van der Waals surface area contributed by atoms with Gasteiger partial charge in [0.15, 0.2) is 0 Å². The highest BCUT2D eigenvalue weighted by Gasteiger charge is 2.17. The molecular weight excluding hydrogens is 298 g/mol. The second-order valence-electron chi connectivity index (χ2n) is 5.16. The van der Waals surface area contributed by atoms with E-state index >= 15 is 0 Å². The Bertz CT molecular complexity index is 690. The topological polar surface area (TPSA) is 102 Å². The molecule has 1 heterocycles. The highest BCUT2D eigenvalue weighted by Crippen LogP contribution is 2.14. The number of para-hydroxylation sites is 1. The molecule has 1 aromatic carbocycles. The first kappa shape index (κ1) is 16.5. The van der Waals surface area contributed by atoms with Crippen LogP contribution in [-0.2, 0) is 9.59 Å². The third kappa shape index (κ3) is 4.32. The van der Waals surface area contributed by atoms with Crippen molar-refractivity contribution in [3.8, 4) is 0 Å². The second kappa shape index (κ2) is 7.44. The summed E-state index contributed by atoms with van der Waals surface area (Å²) in [5.74, 6) is -1.89. The molecule has 2 amide bonds. The number of benzene rings is 1. The van der Waals surface area contributed by atoms with Crippen LogP contribution in [-0.4, -0.2) is 52.4 Å². The average Bonchev–Trinajstić information content (AvgIpc) is 2.95. The van der Waals surface area contributed by atoms with Gasteiger partial charge in [0.1, 0.15) is 12.2 Å². The van der Waals surface area contributed by atoms with Crippen molar-refractivity contribution in [1.29, 1.82) is 0 Å². The zero-order chi connectivity index (χ0) is 16.8. The molecule has 0 bridgehead atoms. The van der Waals surface area contributed by atoms with Crippen LogP contribution in [0.4, 0.5) is 0 Å². The summed E-state index contributed by atoms with van der Waals surface area (Å²) in [4.78, 5) is 39.1. The van der Waals surface area contributed by atoms with Gasteiger partial charge in [0.25, 0.3) is 5.91 Å². The summed E-state index contributed by atoms with van der Waals surface area (Å²) >= 11 is 0. The third-order valence-corrected chi connectivity index (χ3v) is 3.35. The van der Waals surface area contributed by atoms with Crippen LogP contribution in [0, 0.1) is 0 Å². The number of rotatable bonds is 7. The van der Waals surface area contributed by atoms with E-state index in [1.54, 1.807) is 6.07 Å². The van der Waals surface area contributed by atoms with Crippen LogP contribution < -0.4 is 5.32 Å². The van der Waals surface area contributed by atoms with Crippen molar-refractivity contribution in [2.75, 3.05) is 19.6 Å². The lowest BCUT2D eigenvalue weighted by Crippen LogP contribution is -2.43. The number of carboxylic acids is 1. The van der Waals surface area contributed by atoms with Gasteiger partial charge in [0.2, 0.25) is 5.91 Å². The van der Waals surface area contributed by atoms with Gasteiger partial charge in [-0.05, 0) is 18.6 Å². The lowest BCUT2D eigenvalue weighted by molar-refractivity contribution is -0.144. The first-order valence-electron chi connectivity index (χ1n) is 7.36. The van der Waals surface area contributed by atoms with Crippen LogP contribution in [0.1, 0.15) is 23.8 Å². The molecule has 0 atom stereocenters. The summed E-state index contributed by atoms with van der Waals surface area (Å²) in [6.45, 7) is 1.59. The zero-order valence-electron chi connectivity index (χ0n) is 12.8. The lowest BCUT2D eigenvalue weighted by Gasteiger charge is -2.19. The maximum Gasteiger partial charge on any atom is 0.323 e. The molecule has 1 aromatic heterocycles.